The molecule has 1 aliphatic heterocycles. The minimum absolute atomic E-state index is 0.141. The number of carbonyl (C=O) groups is 1. The summed E-state index contributed by atoms with van der Waals surface area (Å²) in [7, 11) is 0. The standard InChI is InChI=1S/C8H12N2O/c11-8-7-4-2-1-3-6(7)5-9-10-8/h5,7,9H,1-4H2,(H,10,11). The molecule has 0 aromatic heterocycles. The third-order valence-corrected chi connectivity index (χ3v) is 2.43. The van der Waals surface area contributed by atoms with Crippen LogP contribution in [0.3, 0.4) is 0 Å². The van der Waals surface area contributed by atoms with Crippen molar-refractivity contribution in [3.05, 3.63) is 11.8 Å². The van der Waals surface area contributed by atoms with Crippen molar-refractivity contribution in [3.63, 3.8) is 0 Å². The van der Waals surface area contributed by atoms with Gasteiger partial charge in [0.1, 0.15) is 0 Å². The molecule has 3 nitrogen and oxygen atoms in total. The molecule has 0 aromatic carbocycles. The van der Waals surface area contributed by atoms with E-state index in [9.17, 15) is 4.79 Å². The van der Waals surface area contributed by atoms with Gasteiger partial charge in [0.05, 0.1) is 5.92 Å². The first kappa shape index (κ1) is 6.70. The van der Waals surface area contributed by atoms with Gasteiger partial charge < -0.3 is 5.43 Å². The first-order valence-corrected chi connectivity index (χ1v) is 4.12. The predicted molar refractivity (Wildman–Crippen MR) is 41.3 cm³/mol. The smallest absolute Gasteiger partial charge is 0.245 e. The van der Waals surface area contributed by atoms with Crippen LogP contribution in [0.25, 0.3) is 0 Å². The average Bonchev–Trinajstić information content (AvgIpc) is 2.06. The largest absolute Gasteiger partial charge is 0.306 e. The van der Waals surface area contributed by atoms with E-state index < -0.39 is 0 Å². The summed E-state index contributed by atoms with van der Waals surface area (Å²) in [5, 5.41) is 0. The second kappa shape index (κ2) is 2.57. The highest BCUT2D eigenvalue weighted by Gasteiger charge is 2.27. The van der Waals surface area contributed by atoms with Gasteiger partial charge >= 0.3 is 0 Å². The van der Waals surface area contributed by atoms with Crippen molar-refractivity contribution >= 4 is 5.91 Å². The molecule has 1 fully saturated rings. The molecule has 1 amide bonds. The molecule has 0 aromatic rings. The molecule has 0 radical (unpaired) electrons. The van der Waals surface area contributed by atoms with Crippen LogP contribution in [0.15, 0.2) is 11.8 Å². The molecule has 1 heterocycles. The van der Waals surface area contributed by atoms with Crippen LogP contribution >= 0.6 is 0 Å². The highest BCUT2D eigenvalue weighted by molar-refractivity contribution is 5.82. The number of hydrogen-bond acceptors (Lipinski definition) is 2. The highest BCUT2D eigenvalue weighted by atomic mass is 16.2. The van der Waals surface area contributed by atoms with Gasteiger partial charge in [0.25, 0.3) is 0 Å². The molecule has 1 atom stereocenters. The van der Waals surface area contributed by atoms with Crippen molar-refractivity contribution in [1.82, 2.24) is 10.9 Å². The number of fused-ring (bicyclic) bond motifs is 1. The molecule has 0 spiro atoms. The minimum Gasteiger partial charge on any atom is -0.306 e. The summed E-state index contributed by atoms with van der Waals surface area (Å²) < 4.78 is 0. The molecular formula is C8H12N2O. The van der Waals surface area contributed by atoms with Gasteiger partial charge in [-0.2, -0.15) is 0 Å². The zero-order chi connectivity index (χ0) is 7.68. The van der Waals surface area contributed by atoms with E-state index in [1.165, 1.54) is 18.4 Å². The predicted octanol–water partition coefficient (Wildman–Crippen LogP) is 0.695. The molecule has 1 aliphatic carbocycles. The SMILES string of the molecule is O=C1NNC=C2CCCCC12. The highest BCUT2D eigenvalue weighted by Crippen LogP contribution is 2.29. The topological polar surface area (TPSA) is 41.1 Å². The summed E-state index contributed by atoms with van der Waals surface area (Å²) >= 11 is 0. The molecular weight excluding hydrogens is 140 g/mol. The maximum Gasteiger partial charge on any atom is 0.245 e. The zero-order valence-electron chi connectivity index (χ0n) is 6.39. The van der Waals surface area contributed by atoms with E-state index in [1.807, 2.05) is 6.20 Å². The molecule has 60 valence electrons. The first-order chi connectivity index (χ1) is 5.38. The number of nitrogens with one attached hydrogen (secondary N) is 2. The Balaban J connectivity index is 2.19. The molecule has 0 saturated heterocycles. The van der Waals surface area contributed by atoms with E-state index in [0.717, 1.165) is 12.8 Å². The van der Waals surface area contributed by atoms with Gasteiger partial charge in [0.2, 0.25) is 5.91 Å². The molecule has 11 heavy (non-hydrogen) atoms. The Morgan fingerprint density at radius 3 is 3.18 bits per heavy atom. The molecule has 0 bridgehead atoms. The van der Waals surface area contributed by atoms with Gasteiger partial charge in [-0.15, -0.1) is 0 Å². The number of carbonyl (C=O) groups excluding carboxylic acids is 1. The van der Waals surface area contributed by atoms with Crippen LogP contribution in [0, 0.1) is 5.92 Å². The van der Waals surface area contributed by atoms with E-state index in [-0.39, 0.29) is 11.8 Å². The van der Waals surface area contributed by atoms with E-state index in [4.69, 9.17) is 0 Å². The van der Waals surface area contributed by atoms with Gasteiger partial charge in [0, 0.05) is 6.20 Å². The lowest BCUT2D eigenvalue weighted by atomic mass is 9.84. The van der Waals surface area contributed by atoms with Crippen LogP contribution < -0.4 is 10.9 Å². The fraction of sp³-hybridized carbons (Fsp3) is 0.625. The Morgan fingerprint density at radius 2 is 2.36 bits per heavy atom. The average molecular weight is 152 g/mol. The summed E-state index contributed by atoms with van der Waals surface area (Å²) in [5.74, 6) is 0.312. The zero-order valence-corrected chi connectivity index (χ0v) is 6.39. The lowest BCUT2D eigenvalue weighted by Gasteiger charge is -2.28. The van der Waals surface area contributed by atoms with E-state index in [0.29, 0.717) is 0 Å². The van der Waals surface area contributed by atoms with Crippen molar-refractivity contribution < 1.29 is 4.79 Å². The quantitative estimate of drug-likeness (QED) is 0.536. The van der Waals surface area contributed by atoms with Crippen LogP contribution in [0.4, 0.5) is 0 Å². The maximum atomic E-state index is 11.2. The molecule has 2 N–H and O–H groups in total. The van der Waals surface area contributed by atoms with Gasteiger partial charge in [-0.1, -0.05) is 6.42 Å². The second-order valence-electron chi connectivity index (χ2n) is 3.15. The van der Waals surface area contributed by atoms with Crippen molar-refractivity contribution in [2.24, 2.45) is 5.92 Å². The van der Waals surface area contributed by atoms with Gasteiger partial charge in [0.15, 0.2) is 0 Å². The number of amides is 1. The normalized spacial score (nSPS) is 29.6. The molecule has 2 aliphatic rings. The Bertz CT molecular complexity index is 210. The van der Waals surface area contributed by atoms with Crippen LogP contribution in [-0.2, 0) is 4.79 Å². The van der Waals surface area contributed by atoms with Crippen molar-refractivity contribution in [2.75, 3.05) is 0 Å². The van der Waals surface area contributed by atoms with Crippen molar-refractivity contribution in [3.8, 4) is 0 Å². The molecule has 2 rings (SSSR count). The fourth-order valence-corrected chi connectivity index (χ4v) is 1.80. The van der Waals surface area contributed by atoms with Crippen LogP contribution in [-0.4, -0.2) is 5.91 Å². The summed E-state index contributed by atoms with van der Waals surface area (Å²) in [6.07, 6.45) is 6.47. The van der Waals surface area contributed by atoms with Crippen molar-refractivity contribution in [1.29, 1.82) is 0 Å². The Hall–Kier alpha value is -0.990. The summed E-state index contributed by atoms with van der Waals surface area (Å²) in [5.41, 5.74) is 6.67. The van der Waals surface area contributed by atoms with E-state index in [1.54, 1.807) is 0 Å². The minimum atomic E-state index is 0.141. The van der Waals surface area contributed by atoms with Gasteiger partial charge in [-0.3, -0.25) is 10.2 Å². The van der Waals surface area contributed by atoms with Gasteiger partial charge in [-0.25, -0.2) is 0 Å². The van der Waals surface area contributed by atoms with Gasteiger partial charge in [-0.05, 0) is 24.8 Å². The first-order valence-electron chi connectivity index (χ1n) is 4.12. The molecule has 1 unspecified atom stereocenters. The molecule has 1 saturated carbocycles. The fourth-order valence-electron chi connectivity index (χ4n) is 1.80. The van der Waals surface area contributed by atoms with E-state index >= 15 is 0 Å². The number of hydrazine groups is 1. The van der Waals surface area contributed by atoms with Crippen molar-refractivity contribution in [2.45, 2.75) is 25.7 Å². The summed E-state index contributed by atoms with van der Waals surface area (Å²) in [6, 6.07) is 0. The third kappa shape index (κ3) is 1.11. The lowest BCUT2D eigenvalue weighted by Crippen LogP contribution is -2.44. The molecule has 3 heteroatoms. The summed E-state index contributed by atoms with van der Waals surface area (Å²) in [4.78, 5) is 11.2. The monoisotopic (exact) mass is 152 g/mol. The Labute approximate surface area is 65.8 Å². The Morgan fingerprint density at radius 1 is 1.45 bits per heavy atom. The number of rotatable bonds is 0. The van der Waals surface area contributed by atoms with Crippen LogP contribution in [0.2, 0.25) is 0 Å². The number of hydrogen-bond donors (Lipinski definition) is 2. The lowest BCUT2D eigenvalue weighted by molar-refractivity contribution is -0.125. The maximum absolute atomic E-state index is 11.2. The van der Waals surface area contributed by atoms with E-state index in [2.05, 4.69) is 10.9 Å². The summed E-state index contributed by atoms with van der Waals surface area (Å²) in [6.45, 7) is 0. The van der Waals surface area contributed by atoms with Crippen LogP contribution in [0.5, 0.6) is 0 Å². The second-order valence-corrected chi connectivity index (χ2v) is 3.15. The third-order valence-electron chi connectivity index (χ3n) is 2.43. The Kier molecular flexibility index (Phi) is 1.56. The van der Waals surface area contributed by atoms with Crippen LogP contribution in [0.1, 0.15) is 25.7 Å².